The Labute approximate surface area is 177 Å². The minimum atomic E-state index is 0. The van der Waals surface area contributed by atoms with E-state index < -0.39 is 0 Å². The number of quaternary nitrogens is 1. The number of benzene rings is 3. The molecular formula is C23H25ClN4O. The van der Waals surface area contributed by atoms with Crippen molar-refractivity contribution < 1.29 is 5.06 Å². The Balaban J connectivity index is 0.00000205. The highest BCUT2D eigenvalue weighted by Gasteiger charge is 2.19. The molecule has 1 unspecified atom stereocenters. The number of nitrogens with zero attached hydrogens (tertiary/aromatic N) is 3. The van der Waals surface area contributed by atoms with Gasteiger partial charge >= 0.3 is 0 Å². The molecule has 29 heavy (non-hydrogen) atoms. The van der Waals surface area contributed by atoms with Gasteiger partial charge in [0.25, 0.3) is 0 Å². The second kappa shape index (κ2) is 8.51. The van der Waals surface area contributed by atoms with Crippen molar-refractivity contribution in [3.05, 3.63) is 71.4 Å². The van der Waals surface area contributed by atoms with Gasteiger partial charge in [-0.1, -0.05) is 42.5 Å². The second-order valence-electron chi connectivity index (χ2n) is 7.55. The van der Waals surface area contributed by atoms with Gasteiger partial charge in [0, 0.05) is 49.9 Å². The SMILES string of the molecule is Cl.[O-][NH+]1C=Nc2ccc(CCN3CCN(c4cccc5ccccc45)CC3)cc21. The van der Waals surface area contributed by atoms with Gasteiger partial charge in [0.05, 0.1) is 0 Å². The van der Waals surface area contributed by atoms with Crippen LogP contribution in [0.25, 0.3) is 10.8 Å². The second-order valence-corrected chi connectivity index (χ2v) is 7.55. The molecule has 5 rings (SSSR count). The lowest BCUT2D eigenvalue weighted by Gasteiger charge is -2.36. The molecule has 2 aliphatic heterocycles. The third kappa shape index (κ3) is 4.00. The normalized spacial score (nSPS) is 18.7. The molecule has 3 aromatic rings. The highest BCUT2D eigenvalue weighted by atomic mass is 35.5. The average Bonchev–Trinajstić information content (AvgIpc) is 3.12. The average molecular weight is 409 g/mol. The highest BCUT2D eigenvalue weighted by Crippen LogP contribution is 2.28. The molecule has 3 aromatic carbocycles. The molecule has 2 heterocycles. The number of anilines is 1. The van der Waals surface area contributed by atoms with Crippen molar-refractivity contribution in [1.29, 1.82) is 0 Å². The summed E-state index contributed by atoms with van der Waals surface area (Å²) >= 11 is 0. The number of hydrogen-bond donors (Lipinski definition) is 1. The highest BCUT2D eigenvalue weighted by molar-refractivity contribution is 5.94. The van der Waals surface area contributed by atoms with Crippen molar-refractivity contribution in [2.24, 2.45) is 4.99 Å². The zero-order valence-electron chi connectivity index (χ0n) is 16.3. The summed E-state index contributed by atoms with van der Waals surface area (Å²) in [6, 6.07) is 21.3. The maximum absolute atomic E-state index is 11.8. The van der Waals surface area contributed by atoms with Gasteiger partial charge in [-0.15, -0.1) is 12.4 Å². The molecule has 0 aliphatic carbocycles. The van der Waals surface area contributed by atoms with Crippen molar-refractivity contribution >= 4 is 46.6 Å². The molecule has 5 nitrogen and oxygen atoms in total. The Morgan fingerprint density at radius 2 is 1.72 bits per heavy atom. The van der Waals surface area contributed by atoms with Crippen LogP contribution in [0.1, 0.15) is 5.56 Å². The monoisotopic (exact) mass is 408 g/mol. The molecule has 0 bridgehead atoms. The van der Waals surface area contributed by atoms with Crippen molar-refractivity contribution in [2.75, 3.05) is 37.6 Å². The fourth-order valence-corrected chi connectivity index (χ4v) is 4.23. The van der Waals surface area contributed by atoms with Gasteiger partial charge < -0.3 is 10.1 Å². The van der Waals surface area contributed by atoms with Gasteiger partial charge in [-0.3, -0.25) is 9.96 Å². The first-order valence-electron chi connectivity index (χ1n) is 9.94. The van der Waals surface area contributed by atoms with Crippen LogP contribution in [0.3, 0.4) is 0 Å². The third-order valence-electron chi connectivity index (χ3n) is 5.84. The maximum atomic E-state index is 11.8. The third-order valence-corrected chi connectivity index (χ3v) is 5.84. The van der Waals surface area contributed by atoms with Crippen LogP contribution in [0.2, 0.25) is 0 Å². The first kappa shape index (κ1) is 19.9. The van der Waals surface area contributed by atoms with E-state index in [-0.39, 0.29) is 17.5 Å². The predicted octanol–water partition coefficient (Wildman–Crippen LogP) is 3.31. The topological polar surface area (TPSA) is 46.3 Å². The van der Waals surface area contributed by atoms with E-state index in [1.54, 1.807) is 0 Å². The first-order valence-corrected chi connectivity index (χ1v) is 9.94. The Morgan fingerprint density at radius 3 is 2.59 bits per heavy atom. The zero-order valence-corrected chi connectivity index (χ0v) is 17.1. The van der Waals surface area contributed by atoms with Crippen LogP contribution in [-0.2, 0) is 6.42 Å². The van der Waals surface area contributed by atoms with Crippen LogP contribution < -0.4 is 9.96 Å². The van der Waals surface area contributed by atoms with Crippen LogP contribution in [0, 0.1) is 5.21 Å². The van der Waals surface area contributed by atoms with Crippen LogP contribution in [0.5, 0.6) is 0 Å². The summed E-state index contributed by atoms with van der Waals surface area (Å²) in [5, 5.41) is 14.5. The number of halogens is 1. The number of hydrogen-bond acceptors (Lipinski definition) is 4. The van der Waals surface area contributed by atoms with Crippen molar-refractivity contribution in [1.82, 2.24) is 4.90 Å². The van der Waals surface area contributed by atoms with E-state index in [0.29, 0.717) is 0 Å². The molecule has 0 aromatic heterocycles. The fourth-order valence-electron chi connectivity index (χ4n) is 4.23. The fraction of sp³-hybridized carbons (Fsp3) is 0.261. The number of fused-ring (bicyclic) bond motifs is 2. The Morgan fingerprint density at radius 1 is 0.931 bits per heavy atom. The van der Waals surface area contributed by atoms with Gasteiger partial charge in [0.2, 0.25) is 0 Å². The van der Waals surface area contributed by atoms with Crippen molar-refractivity contribution in [3.63, 3.8) is 0 Å². The van der Waals surface area contributed by atoms with E-state index >= 15 is 0 Å². The van der Waals surface area contributed by atoms with Crippen molar-refractivity contribution in [2.45, 2.75) is 6.42 Å². The van der Waals surface area contributed by atoms with Gasteiger partial charge in [-0.25, -0.2) is 0 Å². The van der Waals surface area contributed by atoms with Crippen LogP contribution in [0.15, 0.2) is 65.7 Å². The number of nitrogens with one attached hydrogen (secondary N) is 1. The van der Waals surface area contributed by atoms with E-state index in [9.17, 15) is 5.21 Å². The van der Waals surface area contributed by atoms with Gasteiger partial charge in [-0.2, -0.15) is 4.99 Å². The minimum Gasteiger partial charge on any atom is -0.623 e. The van der Waals surface area contributed by atoms with E-state index in [1.807, 2.05) is 12.1 Å². The summed E-state index contributed by atoms with van der Waals surface area (Å²) in [6.45, 7) is 5.25. The number of aliphatic imine (C=N–C) groups is 1. The van der Waals surface area contributed by atoms with Crippen LogP contribution >= 0.6 is 12.4 Å². The Kier molecular flexibility index (Phi) is 5.83. The molecule has 1 N–H and O–H groups in total. The summed E-state index contributed by atoms with van der Waals surface area (Å²) in [7, 11) is 0. The van der Waals surface area contributed by atoms with E-state index in [2.05, 4.69) is 63.3 Å². The molecule has 0 spiro atoms. The number of rotatable bonds is 4. The summed E-state index contributed by atoms with van der Waals surface area (Å²) < 4.78 is 0. The molecule has 150 valence electrons. The quantitative estimate of drug-likeness (QED) is 0.674. The van der Waals surface area contributed by atoms with E-state index in [0.717, 1.165) is 50.5 Å². The lowest BCUT2D eigenvalue weighted by molar-refractivity contribution is -0.655. The van der Waals surface area contributed by atoms with E-state index in [1.165, 1.54) is 28.4 Å². The molecule has 1 saturated heterocycles. The summed E-state index contributed by atoms with van der Waals surface area (Å²) in [6.07, 6.45) is 2.38. The summed E-state index contributed by atoms with van der Waals surface area (Å²) in [5.74, 6) is 0. The smallest absolute Gasteiger partial charge is 0.194 e. The number of hydroxylamine groups is 1. The van der Waals surface area contributed by atoms with Gasteiger partial charge in [0.1, 0.15) is 5.69 Å². The standard InChI is InChI=1S/C23H24N4O.ClH/c28-27-17-24-21-9-8-18(16-23(21)27)10-11-25-12-14-26(15-13-25)22-7-3-5-19-4-1-2-6-20(19)22;/h1-9,16-17,27H,10-15H2;1H. The molecule has 6 heteroatoms. The molecule has 1 atom stereocenters. The molecule has 0 radical (unpaired) electrons. The molecular weight excluding hydrogens is 384 g/mol. The van der Waals surface area contributed by atoms with Gasteiger partial charge in [-0.05, 0) is 29.5 Å². The van der Waals surface area contributed by atoms with E-state index in [4.69, 9.17) is 0 Å². The minimum absolute atomic E-state index is 0. The molecule has 0 amide bonds. The van der Waals surface area contributed by atoms with Crippen molar-refractivity contribution in [3.8, 4) is 0 Å². The largest absolute Gasteiger partial charge is 0.623 e. The molecule has 0 saturated carbocycles. The zero-order chi connectivity index (χ0) is 18.9. The predicted molar refractivity (Wildman–Crippen MR) is 122 cm³/mol. The number of piperazine rings is 1. The summed E-state index contributed by atoms with van der Waals surface area (Å²) in [4.78, 5) is 9.16. The first-order chi connectivity index (χ1) is 13.8. The summed E-state index contributed by atoms with van der Waals surface area (Å²) in [5.41, 5.74) is 4.11. The maximum Gasteiger partial charge on any atom is 0.194 e. The molecule has 1 fully saturated rings. The lowest BCUT2D eigenvalue weighted by atomic mass is 10.1. The Hall–Kier alpha value is -2.44. The Bertz CT molecular complexity index is 1030. The molecule has 2 aliphatic rings. The van der Waals surface area contributed by atoms with Crippen LogP contribution in [0.4, 0.5) is 17.1 Å². The van der Waals surface area contributed by atoms with Gasteiger partial charge in [0.15, 0.2) is 12.0 Å². The lowest BCUT2D eigenvalue weighted by Crippen LogP contribution is -2.99. The van der Waals surface area contributed by atoms with Crippen LogP contribution in [-0.4, -0.2) is 44.0 Å².